The molecule has 4 aromatic rings. The number of hydrogen-bond donors (Lipinski definition) is 2. The molecular formula is C31H41N4P. The van der Waals surface area contributed by atoms with Gasteiger partial charge in [0.15, 0.2) is 0 Å². The fraction of sp³-hybridized carbons (Fsp3) is 0.323. The summed E-state index contributed by atoms with van der Waals surface area (Å²) in [5.74, 6) is 0. The summed E-state index contributed by atoms with van der Waals surface area (Å²) in [6.07, 6.45) is 8.49. The second-order valence-corrected chi connectivity index (χ2v) is 11.9. The number of pyridine rings is 1. The van der Waals surface area contributed by atoms with Gasteiger partial charge in [0, 0.05) is 42.4 Å². The molecule has 0 radical (unpaired) electrons. The van der Waals surface area contributed by atoms with E-state index in [9.17, 15) is 0 Å². The quantitative estimate of drug-likeness (QED) is 0.226. The van der Waals surface area contributed by atoms with Crippen LogP contribution < -0.4 is 5.32 Å². The van der Waals surface area contributed by atoms with Gasteiger partial charge in [-0.3, -0.25) is 0 Å². The van der Waals surface area contributed by atoms with E-state index in [0.717, 1.165) is 40.8 Å². The molecule has 4 nitrogen and oxygen atoms in total. The molecule has 0 fully saturated rings. The van der Waals surface area contributed by atoms with Crippen LogP contribution in [-0.4, -0.2) is 41.4 Å². The number of fused-ring (bicyclic) bond motifs is 3. The van der Waals surface area contributed by atoms with Gasteiger partial charge in [-0.2, -0.15) is 0 Å². The summed E-state index contributed by atoms with van der Waals surface area (Å²) < 4.78 is 0. The van der Waals surface area contributed by atoms with E-state index in [2.05, 4.69) is 97.6 Å². The van der Waals surface area contributed by atoms with Crippen molar-refractivity contribution in [2.75, 3.05) is 31.9 Å². The van der Waals surface area contributed by atoms with Gasteiger partial charge >= 0.3 is 0 Å². The summed E-state index contributed by atoms with van der Waals surface area (Å²) >= 11 is 0. The monoisotopic (exact) mass is 500 g/mol. The van der Waals surface area contributed by atoms with Crippen molar-refractivity contribution in [3.05, 3.63) is 84.3 Å². The van der Waals surface area contributed by atoms with Crippen molar-refractivity contribution in [2.24, 2.45) is 0 Å². The first-order valence-electron chi connectivity index (χ1n) is 12.8. The maximum absolute atomic E-state index is 4.70. The number of aryl methyl sites for hydroxylation is 1. The van der Waals surface area contributed by atoms with E-state index in [1.165, 1.54) is 33.8 Å². The molecule has 0 aliphatic carbocycles. The van der Waals surface area contributed by atoms with Crippen LogP contribution in [0.3, 0.4) is 0 Å². The molecule has 0 saturated heterocycles. The molecule has 2 heterocycles. The van der Waals surface area contributed by atoms with Crippen LogP contribution in [0, 0.1) is 6.92 Å². The highest BCUT2D eigenvalue weighted by Crippen LogP contribution is 2.37. The minimum Gasteiger partial charge on any atom is -0.388 e. The number of nitrogens with zero attached hydrogens (tertiary/aromatic N) is 2. The van der Waals surface area contributed by atoms with Gasteiger partial charge < -0.3 is 15.2 Å². The van der Waals surface area contributed by atoms with Crippen LogP contribution in [0.4, 0.5) is 5.69 Å². The smallest absolute Gasteiger partial charge is 0.138 e. The van der Waals surface area contributed by atoms with Crippen LogP contribution in [-0.2, 0) is 6.54 Å². The molecule has 36 heavy (non-hydrogen) atoms. The van der Waals surface area contributed by atoms with E-state index in [1.807, 2.05) is 33.3 Å². The Morgan fingerprint density at radius 2 is 1.94 bits per heavy atom. The first kappa shape index (κ1) is 27.5. The van der Waals surface area contributed by atoms with Crippen molar-refractivity contribution in [2.45, 2.75) is 40.7 Å². The second-order valence-electron chi connectivity index (χ2n) is 9.27. The molecule has 2 aromatic heterocycles. The minimum absolute atomic E-state index is 0.120. The van der Waals surface area contributed by atoms with E-state index < -0.39 is 0 Å². The van der Waals surface area contributed by atoms with E-state index >= 15 is 0 Å². The first-order valence-corrected chi connectivity index (χ1v) is 15.2. The Morgan fingerprint density at radius 3 is 2.64 bits per heavy atom. The van der Waals surface area contributed by atoms with Crippen molar-refractivity contribution in [3.63, 3.8) is 0 Å². The molecule has 190 valence electrons. The lowest BCUT2D eigenvalue weighted by atomic mass is 9.96. The van der Waals surface area contributed by atoms with Gasteiger partial charge in [-0.1, -0.05) is 50.3 Å². The van der Waals surface area contributed by atoms with Crippen molar-refractivity contribution < 1.29 is 0 Å². The van der Waals surface area contributed by atoms with Crippen molar-refractivity contribution in [1.82, 2.24) is 14.9 Å². The fourth-order valence-corrected chi connectivity index (χ4v) is 5.17. The number of hydrogen-bond acceptors (Lipinski definition) is 3. The third kappa shape index (κ3) is 6.36. The summed E-state index contributed by atoms with van der Waals surface area (Å²) in [5.41, 5.74) is 9.36. The number of anilines is 1. The molecule has 0 unspecified atom stereocenters. The Morgan fingerprint density at radius 1 is 1.17 bits per heavy atom. The zero-order valence-corrected chi connectivity index (χ0v) is 23.8. The molecule has 2 N–H and O–H groups in total. The van der Waals surface area contributed by atoms with Gasteiger partial charge in [0.2, 0.25) is 0 Å². The van der Waals surface area contributed by atoms with E-state index in [4.69, 9.17) is 4.98 Å². The van der Waals surface area contributed by atoms with Crippen LogP contribution >= 0.6 is 7.92 Å². The largest absolute Gasteiger partial charge is 0.388 e. The molecule has 0 atom stereocenters. The van der Waals surface area contributed by atoms with Crippen LogP contribution in [0.1, 0.15) is 38.3 Å². The highest BCUT2D eigenvalue weighted by molar-refractivity contribution is 7.55. The number of nitrogens with one attached hydrogen (secondary N) is 2. The van der Waals surface area contributed by atoms with Crippen LogP contribution in [0.2, 0.25) is 0 Å². The highest BCUT2D eigenvalue weighted by atomic mass is 31.1. The van der Waals surface area contributed by atoms with E-state index in [1.54, 1.807) is 0 Å². The molecule has 0 saturated carbocycles. The molecule has 0 bridgehead atoms. The molecule has 4 rings (SSSR count). The number of rotatable bonds is 9. The summed E-state index contributed by atoms with van der Waals surface area (Å²) in [6, 6.07) is 15.3. The normalized spacial score (nSPS) is 11.5. The van der Waals surface area contributed by atoms with Gasteiger partial charge in [-0.25, -0.2) is 4.98 Å². The van der Waals surface area contributed by atoms with Crippen molar-refractivity contribution in [3.8, 4) is 11.1 Å². The van der Waals surface area contributed by atoms with Gasteiger partial charge in [0.05, 0.1) is 5.52 Å². The van der Waals surface area contributed by atoms with Gasteiger partial charge in [-0.05, 0) is 86.4 Å². The Kier molecular flexibility index (Phi) is 9.73. The maximum Gasteiger partial charge on any atom is 0.138 e. The molecule has 0 aliphatic rings. The zero-order chi connectivity index (χ0) is 26.2. The van der Waals surface area contributed by atoms with Gasteiger partial charge in [-0.15, -0.1) is 7.92 Å². The highest BCUT2D eigenvalue weighted by Gasteiger charge is 2.16. The Labute approximate surface area is 218 Å². The Balaban J connectivity index is 0.00000176. The van der Waals surface area contributed by atoms with Gasteiger partial charge in [0.1, 0.15) is 5.65 Å². The Hall–Kier alpha value is -3.10. The van der Waals surface area contributed by atoms with Gasteiger partial charge in [0.25, 0.3) is 0 Å². The van der Waals surface area contributed by atoms with E-state index in [-0.39, 0.29) is 7.92 Å². The topological polar surface area (TPSA) is 44.0 Å². The third-order valence-corrected chi connectivity index (χ3v) is 7.34. The lowest BCUT2D eigenvalue weighted by molar-refractivity contribution is 0.499. The fourth-order valence-electron chi connectivity index (χ4n) is 4.37. The predicted molar refractivity (Wildman–Crippen MR) is 162 cm³/mol. The summed E-state index contributed by atoms with van der Waals surface area (Å²) in [4.78, 5) is 10.5. The summed E-state index contributed by atoms with van der Waals surface area (Å²) in [6.45, 7) is 17.8. The lowest BCUT2D eigenvalue weighted by Gasteiger charge is -2.19. The molecule has 0 amide bonds. The lowest BCUT2D eigenvalue weighted by Crippen LogP contribution is -2.10. The van der Waals surface area contributed by atoms with Crippen molar-refractivity contribution >= 4 is 35.5 Å². The van der Waals surface area contributed by atoms with Crippen LogP contribution in [0.15, 0.2) is 73.2 Å². The SMILES string of the molecule is C=CN(/C=C(\C)CCP(C)C)Cc1ccc(-c2cccc(NC)c2)c2c1[nH]c1ncc(C)cc12.CC. The average molecular weight is 501 g/mol. The molecule has 5 heteroatoms. The Bertz CT molecular complexity index is 1350. The molecule has 2 aromatic carbocycles. The molecule has 0 spiro atoms. The summed E-state index contributed by atoms with van der Waals surface area (Å²) in [7, 11) is 2.08. The standard InChI is InChI=1S/C29H35N4P.C2H6/c1-7-33(18-20(2)13-14-34(5)6)19-23-11-12-25(22-9-8-10-24(16-22)30-4)27-26-15-21(3)17-31-29(26)32-28(23)27;1-2/h7-12,15-18,30H,1,13-14,19H2,2-6H3,(H,31,32);1-2H3/b20-18+;. The first-order chi connectivity index (χ1) is 17.4. The number of H-pyrrole nitrogens is 1. The average Bonchev–Trinajstić information content (AvgIpc) is 3.27. The van der Waals surface area contributed by atoms with Crippen molar-refractivity contribution in [1.29, 1.82) is 0 Å². The third-order valence-electron chi connectivity index (χ3n) is 6.22. The van der Waals surface area contributed by atoms with Crippen LogP contribution in [0.25, 0.3) is 33.1 Å². The molecular weight excluding hydrogens is 459 g/mol. The number of allylic oxidation sites excluding steroid dienone is 1. The van der Waals surface area contributed by atoms with Crippen LogP contribution in [0.5, 0.6) is 0 Å². The maximum atomic E-state index is 4.70. The summed E-state index contributed by atoms with van der Waals surface area (Å²) in [5, 5.41) is 5.65. The zero-order valence-electron chi connectivity index (χ0n) is 22.9. The number of aromatic nitrogens is 2. The minimum atomic E-state index is 0.120. The molecule has 0 aliphatic heterocycles. The van der Waals surface area contributed by atoms with E-state index in [0.29, 0.717) is 0 Å². The number of benzene rings is 2. The predicted octanol–water partition coefficient (Wildman–Crippen LogP) is 8.74. The number of aromatic amines is 1. The second kappa shape index (κ2) is 12.7.